The molecule has 92 valence electrons. The van der Waals surface area contributed by atoms with Crippen LogP contribution >= 0.6 is 0 Å². The second-order valence-electron chi connectivity index (χ2n) is 4.27. The van der Waals surface area contributed by atoms with Crippen LogP contribution in [-0.4, -0.2) is 73.1 Å². The van der Waals surface area contributed by atoms with Gasteiger partial charge in [0.1, 0.15) is 6.42 Å². The Kier molecular flexibility index (Phi) is 4.70. The molecule has 2 N–H and O–H groups in total. The number of carboxylic acids is 1. The van der Waals surface area contributed by atoms with Gasteiger partial charge in [-0.05, 0) is 14.1 Å². The number of aliphatic carboxylic acids is 1. The first-order valence-corrected chi connectivity index (χ1v) is 5.36. The lowest BCUT2D eigenvalue weighted by Gasteiger charge is -2.37. The van der Waals surface area contributed by atoms with Crippen molar-refractivity contribution in [3.8, 4) is 0 Å². The van der Waals surface area contributed by atoms with Gasteiger partial charge in [-0.3, -0.25) is 14.5 Å². The minimum absolute atomic E-state index is 0.261. The normalized spacial score (nSPS) is 23.0. The van der Waals surface area contributed by atoms with Crippen molar-refractivity contribution in [2.45, 2.75) is 12.5 Å². The van der Waals surface area contributed by atoms with Crippen molar-refractivity contribution in [3.63, 3.8) is 0 Å². The van der Waals surface area contributed by atoms with Gasteiger partial charge in [-0.25, -0.2) is 0 Å². The molecule has 16 heavy (non-hydrogen) atoms. The quantitative estimate of drug-likeness (QED) is 0.594. The Labute approximate surface area is 95.2 Å². The predicted octanol–water partition coefficient (Wildman–Crippen LogP) is -1.18. The van der Waals surface area contributed by atoms with Gasteiger partial charge in [0.25, 0.3) is 0 Å². The minimum atomic E-state index is -1.09. The van der Waals surface area contributed by atoms with Gasteiger partial charge in [0, 0.05) is 32.2 Å². The van der Waals surface area contributed by atoms with Crippen molar-refractivity contribution in [3.05, 3.63) is 0 Å². The van der Waals surface area contributed by atoms with Crippen molar-refractivity contribution in [2.75, 3.05) is 40.3 Å². The van der Waals surface area contributed by atoms with Crippen LogP contribution in [0.3, 0.4) is 0 Å². The molecular formula is C10H19N3O3. The number of carboxylic acid groups (broad SMARTS) is 1. The summed E-state index contributed by atoms with van der Waals surface area (Å²) in [6.45, 7) is 3.39. The first-order valence-electron chi connectivity index (χ1n) is 5.36. The van der Waals surface area contributed by atoms with E-state index >= 15 is 0 Å². The monoisotopic (exact) mass is 229 g/mol. The molecule has 0 aliphatic carbocycles. The van der Waals surface area contributed by atoms with Crippen molar-refractivity contribution in [2.24, 2.45) is 0 Å². The SMILES string of the molecule is CN1CCN(C)C(CNC(=O)CC(=O)O)C1. The van der Waals surface area contributed by atoms with E-state index in [-0.39, 0.29) is 6.04 Å². The van der Waals surface area contributed by atoms with Gasteiger partial charge in [-0.1, -0.05) is 0 Å². The van der Waals surface area contributed by atoms with Gasteiger partial charge in [-0.2, -0.15) is 0 Å². The van der Waals surface area contributed by atoms with Gasteiger partial charge in [-0.15, -0.1) is 0 Å². The predicted molar refractivity (Wildman–Crippen MR) is 59.2 cm³/mol. The van der Waals surface area contributed by atoms with Gasteiger partial charge in [0.2, 0.25) is 5.91 Å². The van der Waals surface area contributed by atoms with Crippen LogP contribution < -0.4 is 5.32 Å². The molecule has 1 rings (SSSR count). The number of nitrogens with zero attached hydrogens (tertiary/aromatic N) is 2. The van der Waals surface area contributed by atoms with Crippen molar-refractivity contribution < 1.29 is 14.7 Å². The molecule has 0 saturated carbocycles. The lowest BCUT2D eigenvalue weighted by atomic mass is 10.2. The summed E-state index contributed by atoms with van der Waals surface area (Å²) in [6, 6.07) is 0.261. The topological polar surface area (TPSA) is 72.9 Å². The fourth-order valence-corrected chi connectivity index (χ4v) is 1.75. The molecule has 6 heteroatoms. The largest absolute Gasteiger partial charge is 0.481 e. The molecule has 1 amide bonds. The number of hydrogen-bond donors (Lipinski definition) is 2. The average molecular weight is 229 g/mol. The summed E-state index contributed by atoms with van der Waals surface area (Å²) < 4.78 is 0. The second kappa shape index (κ2) is 5.81. The highest BCUT2D eigenvalue weighted by atomic mass is 16.4. The van der Waals surface area contributed by atoms with Gasteiger partial charge < -0.3 is 15.3 Å². The summed E-state index contributed by atoms with van der Waals surface area (Å²) in [7, 11) is 4.06. The standard InChI is InChI=1S/C10H19N3O3/c1-12-3-4-13(2)8(7-12)6-11-9(14)5-10(15)16/h8H,3-7H2,1-2H3,(H,11,14)(H,15,16). The Morgan fingerprint density at radius 1 is 1.38 bits per heavy atom. The van der Waals surface area contributed by atoms with Gasteiger partial charge >= 0.3 is 5.97 Å². The summed E-state index contributed by atoms with van der Waals surface area (Å²) in [6.07, 6.45) is -0.452. The molecule has 1 atom stereocenters. The molecule has 1 aliphatic rings. The first-order chi connectivity index (χ1) is 7.49. The fourth-order valence-electron chi connectivity index (χ4n) is 1.75. The number of likely N-dealkylation sites (N-methyl/N-ethyl adjacent to an activating group) is 2. The highest BCUT2D eigenvalue weighted by Crippen LogP contribution is 2.04. The third kappa shape index (κ3) is 4.16. The average Bonchev–Trinajstić information content (AvgIpc) is 2.18. The molecule has 0 aromatic carbocycles. The molecule has 1 unspecified atom stereocenters. The van der Waals surface area contributed by atoms with E-state index in [0.29, 0.717) is 6.54 Å². The second-order valence-corrected chi connectivity index (χ2v) is 4.27. The van der Waals surface area contributed by atoms with E-state index in [2.05, 4.69) is 15.1 Å². The Morgan fingerprint density at radius 2 is 2.06 bits per heavy atom. The molecular weight excluding hydrogens is 210 g/mol. The maximum Gasteiger partial charge on any atom is 0.312 e. The van der Waals surface area contributed by atoms with Crippen LogP contribution in [-0.2, 0) is 9.59 Å². The summed E-state index contributed by atoms with van der Waals surface area (Å²) in [4.78, 5) is 25.8. The Balaban J connectivity index is 2.30. The van der Waals surface area contributed by atoms with E-state index in [1.165, 1.54) is 0 Å². The molecule has 0 aromatic heterocycles. The maximum absolute atomic E-state index is 11.2. The van der Waals surface area contributed by atoms with Gasteiger partial charge in [0.15, 0.2) is 0 Å². The fraction of sp³-hybridized carbons (Fsp3) is 0.800. The molecule has 1 heterocycles. The number of nitrogens with one attached hydrogen (secondary N) is 1. The number of amides is 1. The van der Waals surface area contributed by atoms with Crippen molar-refractivity contribution in [1.29, 1.82) is 0 Å². The molecule has 6 nitrogen and oxygen atoms in total. The van der Waals surface area contributed by atoms with E-state index in [0.717, 1.165) is 19.6 Å². The molecule has 1 fully saturated rings. The number of piperazine rings is 1. The summed E-state index contributed by atoms with van der Waals surface area (Å²) in [5.74, 6) is -1.51. The summed E-state index contributed by atoms with van der Waals surface area (Å²) in [5.41, 5.74) is 0. The highest BCUT2D eigenvalue weighted by molar-refractivity contribution is 5.93. The van der Waals surface area contributed by atoms with Crippen molar-refractivity contribution >= 4 is 11.9 Å². The molecule has 0 aromatic rings. The minimum Gasteiger partial charge on any atom is -0.481 e. The first kappa shape index (κ1) is 12.9. The molecule has 1 aliphatic heterocycles. The Hall–Kier alpha value is -1.14. The molecule has 1 saturated heterocycles. The highest BCUT2D eigenvalue weighted by Gasteiger charge is 2.22. The van der Waals surface area contributed by atoms with Gasteiger partial charge in [0.05, 0.1) is 0 Å². The zero-order valence-electron chi connectivity index (χ0n) is 9.77. The third-order valence-corrected chi connectivity index (χ3v) is 2.83. The van der Waals surface area contributed by atoms with Crippen LogP contribution in [0.2, 0.25) is 0 Å². The Morgan fingerprint density at radius 3 is 2.69 bits per heavy atom. The van der Waals surface area contributed by atoms with E-state index in [1.807, 2.05) is 14.1 Å². The number of carbonyl (C=O) groups excluding carboxylic acids is 1. The van der Waals surface area contributed by atoms with E-state index in [4.69, 9.17) is 5.11 Å². The number of carbonyl (C=O) groups is 2. The lowest BCUT2D eigenvalue weighted by Crippen LogP contribution is -2.54. The zero-order valence-corrected chi connectivity index (χ0v) is 9.77. The van der Waals surface area contributed by atoms with Crippen molar-refractivity contribution in [1.82, 2.24) is 15.1 Å². The van der Waals surface area contributed by atoms with E-state index in [1.54, 1.807) is 0 Å². The number of rotatable bonds is 4. The molecule has 0 bridgehead atoms. The molecule has 0 radical (unpaired) electrons. The van der Waals surface area contributed by atoms with Crippen LogP contribution in [0.15, 0.2) is 0 Å². The summed E-state index contributed by atoms with van der Waals surface area (Å²) in [5, 5.41) is 11.1. The summed E-state index contributed by atoms with van der Waals surface area (Å²) >= 11 is 0. The van der Waals surface area contributed by atoms with Crippen LogP contribution in [0.1, 0.15) is 6.42 Å². The zero-order chi connectivity index (χ0) is 12.1. The smallest absolute Gasteiger partial charge is 0.312 e. The lowest BCUT2D eigenvalue weighted by molar-refractivity contribution is -0.140. The van der Waals surface area contributed by atoms with E-state index < -0.39 is 18.3 Å². The van der Waals surface area contributed by atoms with E-state index in [9.17, 15) is 9.59 Å². The third-order valence-electron chi connectivity index (χ3n) is 2.83. The van der Waals surface area contributed by atoms with Crippen LogP contribution in [0, 0.1) is 0 Å². The number of hydrogen-bond acceptors (Lipinski definition) is 4. The van der Waals surface area contributed by atoms with Crippen LogP contribution in [0.25, 0.3) is 0 Å². The Bertz CT molecular complexity index is 270. The van der Waals surface area contributed by atoms with Crippen LogP contribution in [0.4, 0.5) is 0 Å². The van der Waals surface area contributed by atoms with Crippen LogP contribution in [0.5, 0.6) is 0 Å². The molecule has 0 spiro atoms. The maximum atomic E-state index is 11.2.